The third-order valence-electron chi connectivity index (χ3n) is 6.04. The highest BCUT2D eigenvalue weighted by Crippen LogP contribution is 2.38. The number of nitrogens with zero attached hydrogens (tertiary/aromatic N) is 5. The Morgan fingerprint density at radius 3 is 2.59 bits per heavy atom. The van der Waals surface area contributed by atoms with Crippen LogP contribution in [-0.4, -0.2) is 42.6 Å². The van der Waals surface area contributed by atoms with E-state index < -0.39 is 11.7 Å². The first kappa shape index (κ1) is 24.3. The summed E-state index contributed by atoms with van der Waals surface area (Å²) in [6, 6.07) is 14.2. The summed E-state index contributed by atoms with van der Waals surface area (Å²) >= 11 is 0. The maximum Gasteiger partial charge on any atom is 0.416 e. The molecular weight excluding hydrogens is 483 g/mol. The average molecular weight is 508 g/mol. The standard InChI is InChI=1S/C26H24F3N7O/c1-16-21(22-10-12-32-36(22)20-8-6-19(30)7-9-20)15-35-24(33-25(34-35)31-11-3-13-37)23(16)17-4-2-5-18(14-17)26(27,28)29/h2,4-10,12,14-15,37H,3,11,13,30H2,1H3,(H,31,34). The molecule has 0 aliphatic carbocycles. The van der Waals surface area contributed by atoms with Crippen molar-refractivity contribution in [1.29, 1.82) is 0 Å². The van der Waals surface area contributed by atoms with Gasteiger partial charge in [-0.2, -0.15) is 23.3 Å². The Morgan fingerprint density at radius 2 is 1.86 bits per heavy atom. The molecule has 8 nitrogen and oxygen atoms in total. The normalized spacial score (nSPS) is 11.8. The molecule has 190 valence electrons. The van der Waals surface area contributed by atoms with Gasteiger partial charge in [-0.05, 0) is 66.9 Å². The Labute approximate surface area is 210 Å². The first-order chi connectivity index (χ1) is 17.8. The van der Waals surface area contributed by atoms with Crippen molar-refractivity contribution in [3.05, 3.63) is 78.1 Å². The highest BCUT2D eigenvalue weighted by Gasteiger charge is 2.31. The lowest BCUT2D eigenvalue weighted by atomic mass is 9.95. The summed E-state index contributed by atoms with van der Waals surface area (Å²) in [6.07, 6.45) is -0.545. The van der Waals surface area contributed by atoms with Crippen LogP contribution in [0.2, 0.25) is 0 Å². The van der Waals surface area contributed by atoms with Gasteiger partial charge in [0.2, 0.25) is 5.95 Å². The van der Waals surface area contributed by atoms with E-state index in [0.29, 0.717) is 41.4 Å². The van der Waals surface area contributed by atoms with Gasteiger partial charge in [0, 0.05) is 36.2 Å². The van der Waals surface area contributed by atoms with E-state index in [2.05, 4.69) is 20.5 Å². The van der Waals surface area contributed by atoms with E-state index in [1.807, 2.05) is 25.1 Å². The molecule has 3 aromatic heterocycles. The maximum atomic E-state index is 13.6. The fourth-order valence-corrected chi connectivity index (χ4v) is 4.24. The summed E-state index contributed by atoms with van der Waals surface area (Å²) in [4.78, 5) is 4.57. The molecule has 5 aromatic rings. The first-order valence-electron chi connectivity index (χ1n) is 11.6. The number of fused-ring (bicyclic) bond motifs is 1. The molecule has 0 radical (unpaired) electrons. The van der Waals surface area contributed by atoms with Crippen LogP contribution in [-0.2, 0) is 6.18 Å². The van der Waals surface area contributed by atoms with Gasteiger partial charge in [0.25, 0.3) is 0 Å². The van der Waals surface area contributed by atoms with Crippen LogP contribution in [0.4, 0.5) is 24.8 Å². The molecule has 11 heteroatoms. The number of nitrogens with two attached hydrogens (primary N) is 1. The number of alkyl halides is 3. The first-order valence-corrected chi connectivity index (χ1v) is 11.6. The van der Waals surface area contributed by atoms with Gasteiger partial charge >= 0.3 is 6.18 Å². The van der Waals surface area contributed by atoms with Crippen molar-refractivity contribution in [1.82, 2.24) is 24.4 Å². The number of aliphatic hydroxyl groups excluding tert-OH is 1. The number of aliphatic hydroxyl groups is 1. The molecule has 4 N–H and O–H groups in total. The van der Waals surface area contributed by atoms with Crippen molar-refractivity contribution in [2.75, 3.05) is 24.2 Å². The van der Waals surface area contributed by atoms with E-state index in [1.54, 1.807) is 39.8 Å². The topological polar surface area (TPSA) is 106 Å². The Bertz CT molecular complexity index is 1560. The van der Waals surface area contributed by atoms with E-state index in [9.17, 15) is 13.2 Å². The number of benzene rings is 2. The van der Waals surface area contributed by atoms with Gasteiger partial charge in [0.15, 0.2) is 5.65 Å². The van der Waals surface area contributed by atoms with E-state index in [-0.39, 0.29) is 6.61 Å². The summed E-state index contributed by atoms with van der Waals surface area (Å²) in [6.45, 7) is 2.30. The second-order valence-electron chi connectivity index (χ2n) is 8.55. The number of hydrogen-bond donors (Lipinski definition) is 3. The number of anilines is 2. The van der Waals surface area contributed by atoms with Crippen molar-refractivity contribution in [2.45, 2.75) is 19.5 Å². The predicted molar refractivity (Wildman–Crippen MR) is 135 cm³/mol. The Balaban J connectivity index is 1.73. The second kappa shape index (κ2) is 9.58. The fraction of sp³-hybridized carbons (Fsp3) is 0.192. The highest BCUT2D eigenvalue weighted by atomic mass is 19.4. The minimum atomic E-state index is -4.49. The lowest BCUT2D eigenvalue weighted by Gasteiger charge is -2.16. The van der Waals surface area contributed by atoms with Crippen molar-refractivity contribution < 1.29 is 18.3 Å². The largest absolute Gasteiger partial charge is 0.416 e. The molecule has 0 fully saturated rings. The van der Waals surface area contributed by atoms with Gasteiger partial charge in [-0.1, -0.05) is 12.1 Å². The molecule has 0 spiro atoms. The number of aromatic nitrogens is 5. The zero-order valence-corrected chi connectivity index (χ0v) is 19.9. The van der Waals surface area contributed by atoms with Crippen molar-refractivity contribution >= 4 is 17.3 Å². The summed E-state index contributed by atoms with van der Waals surface area (Å²) in [5.41, 5.74) is 9.95. The fourth-order valence-electron chi connectivity index (χ4n) is 4.24. The molecule has 0 aliphatic heterocycles. The molecule has 0 aliphatic rings. The third-order valence-corrected chi connectivity index (χ3v) is 6.04. The smallest absolute Gasteiger partial charge is 0.399 e. The maximum absolute atomic E-state index is 13.6. The summed E-state index contributed by atoms with van der Waals surface area (Å²) in [5, 5.41) is 21.1. The van der Waals surface area contributed by atoms with Crippen LogP contribution in [0.25, 0.3) is 33.7 Å². The number of nitrogen functional groups attached to an aromatic ring is 1. The summed E-state index contributed by atoms with van der Waals surface area (Å²) in [5.74, 6) is 0.310. The number of nitrogens with one attached hydrogen (secondary N) is 1. The minimum Gasteiger partial charge on any atom is -0.399 e. The van der Waals surface area contributed by atoms with Crippen LogP contribution >= 0.6 is 0 Å². The van der Waals surface area contributed by atoms with Gasteiger partial charge < -0.3 is 16.2 Å². The minimum absolute atomic E-state index is 0.00817. The molecule has 0 bridgehead atoms. The zero-order chi connectivity index (χ0) is 26.2. The van der Waals surface area contributed by atoms with Gasteiger partial charge in [-0.25, -0.2) is 9.20 Å². The van der Waals surface area contributed by atoms with Gasteiger partial charge in [-0.15, -0.1) is 5.10 Å². The molecule has 37 heavy (non-hydrogen) atoms. The lowest BCUT2D eigenvalue weighted by Crippen LogP contribution is -2.06. The summed E-state index contributed by atoms with van der Waals surface area (Å²) < 4.78 is 44.0. The number of hydrogen-bond acceptors (Lipinski definition) is 6. The molecule has 0 amide bonds. The van der Waals surface area contributed by atoms with Crippen LogP contribution in [0.5, 0.6) is 0 Å². The molecule has 0 saturated heterocycles. The number of rotatable bonds is 7. The zero-order valence-electron chi connectivity index (χ0n) is 19.9. The van der Waals surface area contributed by atoms with Crippen LogP contribution < -0.4 is 11.1 Å². The van der Waals surface area contributed by atoms with Crippen molar-refractivity contribution in [2.24, 2.45) is 0 Å². The van der Waals surface area contributed by atoms with Crippen LogP contribution in [0.1, 0.15) is 17.5 Å². The monoisotopic (exact) mass is 507 g/mol. The second-order valence-corrected chi connectivity index (χ2v) is 8.55. The van der Waals surface area contributed by atoms with Crippen LogP contribution in [0.3, 0.4) is 0 Å². The quantitative estimate of drug-likeness (QED) is 0.213. The SMILES string of the molecule is Cc1c(-c2ccnn2-c2ccc(N)cc2)cn2nc(NCCCO)nc2c1-c1cccc(C(F)(F)F)c1. The molecule has 0 atom stereocenters. The van der Waals surface area contributed by atoms with E-state index in [4.69, 9.17) is 10.8 Å². The molecule has 5 rings (SSSR count). The average Bonchev–Trinajstić information content (AvgIpc) is 3.51. The van der Waals surface area contributed by atoms with Crippen molar-refractivity contribution in [3.63, 3.8) is 0 Å². The van der Waals surface area contributed by atoms with E-state index >= 15 is 0 Å². The Morgan fingerprint density at radius 1 is 1.08 bits per heavy atom. The van der Waals surface area contributed by atoms with Gasteiger partial charge in [-0.3, -0.25) is 0 Å². The molecule has 3 heterocycles. The Hall–Kier alpha value is -4.38. The van der Waals surface area contributed by atoms with E-state index in [0.717, 1.165) is 34.6 Å². The number of pyridine rings is 1. The summed E-state index contributed by atoms with van der Waals surface area (Å²) in [7, 11) is 0. The molecular formula is C26H24F3N7O. The van der Waals surface area contributed by atoms with Crippen LogP contribution in [0.15, 0.2) is 67.0 Å². The van der Waals surface area contributed by atoms with Gasteiger partial charge in [0.1, 0.15) is 0 Å². The molecule has 0 unspecified atom stereocenters. The Kier molecular flexibility index (Phi) is 6.30. The molecule has 2 aromatic carbocycles. The van der Waals surface area contributed by atoms with Crippen molar-refractivity contribution in [3.8, 4) is 28.1 Å². The lowest BCUT2D eigenvalue weighted by molar-refractivity contribution is -0.137. The number of halogens is 3. The molecule has 0 saturated carbocycles. The predicted octanol–water partition coefficient (Wildman–Crippen LogP) is 4.95. The highest BCUT2D eigenvalue weighted by molar-refractivity contribution is 5.86. The van der Waals surface area contributed by atoms with Gasteiger partial charge in [0.05, 0.1) is 23.1 Å². The van der Waals surface area contributed by atoms with Crippen LogP contribution in [0, 0.1) is 6.92 Å². The third kappa shape index (κ3) is 4.73. The van der Waals surface area contributed by atoms with E-state index in [1.165, 1.54) is 6.07 Å².